The minimum atomic E-state index is -0.568. The summed E-state index contributed by atoms with van der Waals surface area (Å²) in [5.74, 6) is 0.248. The maximum absolute atomic E-state index is 11.2. The number of nitro groups is 2. The van der Waals surface area contributed by atoms with E-state index in [1.807, 2.05) is 19.1 Å². The van der Waals surface area contributed by atoms with Crippen molar-refractivity contribution in [3.8, 4) is 0 Å². The van der Waals surface area contributed by atoms with E-state index < -0.39 is 16.0 Å². The van der Waals surface area contributed by atoms with Gasteiger partial charge in [0.05, 0.1) is 26.4 Å². The molecule has 2 aromatic carbocycles. The molecule has 0 fully saturated rings. The van der Waals surface area contributed by atoms with E-state index >= 15 is 0 Å². The maximum Gasteiger partial charge on any atom is 0.270 e. The van der Waals surface area contributed by atoms with Crippen LogP contribution in [0.2, 0.25) is 0 Å². The van der Waals surface area contributed by atoms with Crippen LogP contribution in [-0.2, 0) is 14.1 Å². The number of hydrogen-bond donors (Lipinski definition) is 0. The van der Waals surface area contributed by atoms with Crippen molar-refractivity contribution in [2.75, 3.05) is 19.1 Å². The molecule has 3 aromatic rings. The molecule has 1 atom stereocenters. The highest BCUT2D eigenvalue weighted by Crippen LogP contribution is 2.40. The lowest BCUT2D eigenvalue weighted by Gasteiger charge is -2.23. The summed E-state index contributed by atoms with van der Waals surface area (Å²) in [5, 5.41) is 43.5. The van der Waals surface area contributed by atoms with E-state index in [1.54, 1.807) is 47.5 Å². The molecule has 0 saturated heterocycles. The van der Waals surface area contributed by atoms with Crippen molar-refractivity contribution in [3.05, 3.63) is 67.7 Å². The second kappa shape index (κ2) is 9.60. The molecule has 0 aliphatic carbocycles. The van der Waals surface area contributed by atoms with Crippen molar-refractivity contribution in [3.63, 3.8) is 0 Å². The number of nitrogens with zero attached hydrogens (tertiary/aromatic N) is 10. The fraction of sp³-hybridized carbons (Fsp3) is 0.300. The number of nitro benzene ring substituents is 2. The Labute approximate surface area is 205 Å². The summed E-state index contributed by atoms with van der Waals surface area (Å²) >= 11 is 0. The fourth-order valence-corrected chi connectivity index (χ4v) is 3.80. The Bertz CT molecular complexity index is 1460. The first-order valence-electron chi connectivity index (χ1n) is 10.1. The first kappa shape index (κ1) is 25.5. The molecule has 2 heterocycles. The topological polar surface area (TPSA) is 152 Å². The summed E-state index contributed by atoms with van der Waals surface area (Å²) < 4.78 is 3.52. The van der Waals surface area contributed by atoms with Crippen LogP contribution in [0, 0.1) is 20.2 Å². The number of azo groups is 1. The highest BCUT2D eigenvalue weighted by Gasteiger charge is 2.33. The van der Waals surface area contributed by atoms with Crippen LogP contribution in [0.1, 0.15) is 18.7 Å². The quantitative estimate of drug-likeness (QED) is 0.175. The highest BCUT2D eigenvalue weighted by molar-refractivity contribution is 5.85. The third-order valence-electron chi connectivity index (χ3n) is 5.81. The van der Waals surface area contributed by atoms with E-state index in [-0.39, 0.29) is 29.6 Å². The second-order valence-electron chi connectivity index (χ2n) is 7.76. The minimum Gasteiger partial charge on any atom is -0.306 e. The van der Waals surface area contributed by atoms with Gasteiger partial charge in [0.15, 0.2) is 17.5 Å². The summed E-state index contributed by atoms with van der Waals surface area (Å²) in [6.07, 6.45) is -0.568. The lowest BCUT2D eigenvalue weighted by molar-refractivity contribution is -0.385. The van der Waals surface area contributed by atoms with Gasteiger partial charge in [-0.05, 0) is 19.1 Å². The zero-order chi connectivity index (χ0) is 24.7. The van der Waals surface area contributed by atoms with Crippen LogP contribution in [-0.4, -0.2) is 44.2 Å². The molecule has 35 heavy (non-hydrogen) atoms. The van der Waals surface area contributed by atoms with Crippen molar-refractivity contribution >= 4 is 46.2 Å². The number of hydrazine groups is 1. The Morgan fingerprint density at radius 2 is 1.57 bits per heavy atom. The van der Waals surface area contributed by atoms with E-state index in [9.17, 15) is 20.2 Å². The van der Waals surface area contributed by atoms with Gasteiger partial charge in [-0.3, -0.25) is 29.6 Å². The zero-order valence-corrected chi connectivity index (χ0v) is 20.4. The number of amidine groups is 1. The van der Waals surface area contributed by atoms with Crippen molar-refractivity contribution in [1.82, 2.24) is 14.4 Å². The molecule has 1 aromatic heterocycles. The lowest BCUT2D eigenvalue weighted by Crippen LogP contribution is -2.32. The van der Waals surface area contributed by atoms with Gasteiger partial charge in [-0.15, -0.1) is 27.7 Å². The van der Waals surface area contributed by atoms with E-state index in [4.69, 9.17) is 0 Å². The standard InChI is InChI=1S/C20H22N10O4.ClH/c1-12(21-23-19-15-10-13(29(31)32)6-8-17(15)25(2)27(19)4)22-24-20-16-11-14(30(33)34)7-9-18(16)26(3)28(20)5;/h6-11,19H,1-5H3;1H. The zero-order valence-electron chi connectivity index (χ0n) is 19.6. The van der Waals surface area contributed by atoms with Crippen molar-refractivity contribution < 1.29 is 9.85 Å². The van der Waals surface area contributed by atoms with Crippen molar-refractivity contribution in [2.45, 2.75) is 13.1 Å². The van der Waals surface area contributed by atoms with Crippen LogP contribution < -0.4 is 10.5 Å². The van der Waals surface area contributed by atoms with E-state index in [0.717, 1.165) is 11.2 Å². The number of anilines is 1. The molecule has 0 N–H and O–H groups in total. The molecular weight excluding hydrogens is 480 g/mol. The molecule has 0 amide bonds. The number of hydrogen-bond acceptors (Lipinski definition) is 9. The molecule has 184 valence electrons. The number of fused-ring (bicyclic) bond motifs is 2. The Morgan fingerprint density at radius 3 is 2.23 bits per heavy atom. The van der Waals surface area contributed by atoms with Crippen LogP contribution >= 0.6 is 12.4 Å². The minimum absolute atomic E-state index is 0. The molecule has 1 aliphatic heterocycles. The van der Waals surface area contributed by atoms with Gasteiger partial charge in [0, 0.05) is 58.0 Å². The van der Waals surface area contributed by atoms with Crippen LogP contribution in [0.4, 0.5) is 17.1 Å². The number of halogens is 1. The Morgan fingerprint density at radius 1 is 0.943 bits per heavy atom. The molecular formula is C20H23ClN10O4. The predicted octanol–water partition coefficient (Wildman–Crippen LogP) is 3.44. The smallest absolute Gasteiger partial charge is 0.270 e. The van der Waals surface area contributed by atoms with Crippen molar-refractivity contribution in [2.24, 2.45) is 34.5 Å². The van der Waals surface area contributed by atoms with Gasteiger partial charge in [0.2, 0.25) is 0 Å². The lowest BCUT2D eigenvalue weighted by atomic mass is 10.1. The fourth-order valence-electron chi connectivity index (χ4n) is 3.80. The summed E-state index contributed by atoms with van der Waals surface area (Å²) in [7, 11) is 7.21. The average molecular weight is 503 g/mol. The van der Waals surface area contributed by atoms with Crippen LogP contribution in [0.3, 0.4) is 0 Å². The SMILES string of the molecule is CC(N=NC1c2cc([N+](=O)[O-])ccc2N(C)N1C)=NN=c1c2cc([N+](=O)[O-])ccc2n(C)n1C.Cl. The molecule has 14 nitrogen and oxygen atoms in total. The Hall–Kier alpha value is -4.17. The molecule has 0 saturated carbocycles. The number of benzene rings is 2. The van der Waals surface area contributed by atoms with E-state index in [2.05, 4.69) is 20.4 Å². The highest BCUT2D eigenvalue weighted by atomic mass is 35.5. The third kappa shape index (κ3) is 4.48. The molecule has 0 bridgehead atoms. The van der Waals surface area contributed by atoms with Crippen molar-refractivity contribution in [1.29, 1.82) is 0 Å². The number of rotatable bonds is 4. The molecule has 0 radical (unpaired) electrons. The molecule has 0 spiro atoms. The van der Waals surface area contributed by atoms with Gasteiger partial charge in [-0.1, -0.05) is 0 Å². The van der Waals surface area contributed by atoms with Crippen LogP contribution in [0.25, 0.3) is 10.9 Å². The largest absolute Gasteiger partial charge is 0.306 e. The summed E-state index contributed by atoms with van der Waals surface area (Å²) in [4.78, 5) is 21.5. The molecule has 4 rings (SSSR count). The van der Waals surface area contributed by atoms with Gasteiger partial charge >= 0.3 is 0 Å². The number of aromatic nitrogens is 2. The third-order valence-corrected chi connectivity index (χ3v) is 5.81. The summed E-state index contributed by atoms with van der Waals surface area (Å²) in [5.41, 5.74) is 2.56. The van der Waals surface area contributed by atoms with Gasteiger partial charge in [-0.25, -0.2) is 0 Å². The number of non-ortho nitro benzene ring substituents is 2. The molecule has 15 heteroatoms. The van der Waals surface area contributed by atoms with Crippen LogP contribution in [0.5, 0.6) is 0 Å². The second-order valence-corrected chi connectivity index (χ2v) is 7.76. The monoisotopic (exact) mass is 502 g/mol. The molecule has 1 unspecified atom stereocenters. The number of aryl methyl sites for hydroxylation is 1. The first-order chi connectivity index (χ1) is 16.1. The maximum atomic E-state index is 11.2. The van der Waals surface area contributed by atoms with Gasteiger partial charge in [-0.2, -0.15) is 10.1 Å². The van der Waals surface area contributed by atoms with Gasteiger partial charge in [0.25, 0.3) is 11.4 Å². The van der Waals surface area contributed by atoms with E-state index in [0.29, 0.717) is 16.4 Å². The first-order valence-corrected chi connectivity index (χ1v) is 10.1. The average Bonchev–Trinajstić information content (AvgIpc) is 3.19. The normalized spacial score (nSPS) is 16.7. The predicted molar refractivity (Wildman–Crippen MR) is 131 cm³/mol. The van der Waals surface area contributed by atoms with E-state index in [1.165, 1.54) is 24.3 Å². The summed E-state index contributed by atoms with van der Waals surface area (Å²) in [6, 6.07) is 9.16. The van der Waals surface area contributed by atoms with Gasteiger partial charge < -0.3 is 5.01 Å². The Kier molecular flexibility index (Phi) is 6.98. The molecule has 1 aliphatic rings. The van der Waals surface area contributed by atoms with Gasteiger partial charge in [0.1, 0.15) is 0 Å². The summed E-state index contributed by atoms with van der Waals surface area (Å²) in [6.45, 7) is 1.62. The Balaban J connectivity index is 0.00000342. The van der Waals surface area contributed by atoms with Crippen LogP contribution in [0.15, 0.2) is 56.8 Å².